The minimum Gasteiger partial charge on any atom is -0.490 e. The first-order valence-electron chi connectivity index (χ1n) is 6.94. The molecule has 0 aliphatic rings. The maximum absolute atomic E-state index is 6.25. The highest BCUT2D eigenvalue weighted by molar-refractivity contribution is 6.35. The standard InChI is InChI=1S/C15H19Cl2N3O/c1-2-13(18)9-11-8-12(16)10-14(17)15(11)21-7-6-20-5-3-4-19-20/h3-5,8,10,13H,2,6-7,9,18H2,1H3. The minimum absolute atomic E-state index is 0.0630. The lowest BCUT2D eigenvalue weighted by molar-refractivity contribution is 0.288. The van der Waals surface area contributed by atoms with E-state index in [-0.39, 0.29) is 6.04 Å². The summed E-state index contributed by atoms with van der Waals surface area (Å²) in [6, 6.07) is 5.49. The van der Waals surface area contributed by atoms with Crippen LogP contribution in [0.3, 0.4) is 0 Å². The van der Waals surface area contributed by atoms with E-state index in [0.717, 1.165) is 12.0 Å². The van der Waals surface area contributed by atoms with E-state index in [9.17, 15) is 0 Å². The van der Waals surface area contributed by atoms with E-state index in [1.807, 2.05) is 18.3 Å². The molecule has 1 heterocycles. The molecule has 0 bridgehead atoms. The van der Waals surface area contributed by atoms with E-state index in [0.29, 0.717) is 35.4 Å². The maximum atomic E-state index is 6.25. The molecule has 1 unspecified atom stereocenters. The Morgan fingerprint density at radius 3 is 2.86 bits per heavy atom. The van der Waals surface area contributed by atoms with Gasteiger partial charge in [0.25, 0.3) is 0 Å². The van der Waals surface area contributed by atoms with Crippen LogP contribution < -0.4 is 10.5 Å². The SMILES string of the molecule is CCC(N)Cc1cc(Cl)cc(Cl)c1OCCn1cccn1. The van der Waals surface area contributed by atoms with E-state index >= 15 is 0 Å². The summed E-state index contributed by atoms with van der Waals surface area (Å²) in [5.74, 6) is 0.664. The molecule has 0 spiro atoms. The zero-order valence-corrected chi connectivity index (χ0v) is 13.4. The van der Waals surface area contributed by atoms with E-state index in [2.05, 4.69) is 12.0 Å². The first kappa shape index (κ1) is 16.1. The average Bonchev–Trinajstić information content (AvgIpc) is 2.94. The fraction of sp³-hybridized carbons (Fsp3) is 0.400. The van der Waals surface area contributed by atoms with Crippen LogP contribution in [0, 0.1) is 0 Å². The van der Waals surface area contributed by atoms with Gasteiger partial charge in [-0.2, -0.15) is 5.10 Å². The second-order valence-corrected chi connectivity index (χ2v) is 5.71. The Morgan fingerprint density at radius 1 is 1.38 bits per heavy atom. The van der Waals surface area contributed by atoms with E-state index in [1.54, 1.807) is 16.9 Å². The van der Waals surface area contributed by atoms with Gasteiger partial charge in [-0.15, -0.1) is 0 Å². The van der Waals surface area contributed by atoms with Crippen LogP contribution in [-0.2, 0) is 13.0 Å². The molecular weight excluding hydrogens is 309 g/mol. The molecule has 4 nitrogen and oxygen atoms in total. The van der Waals surface area contributed by atoms with Crippen molar-refractivity contribution in [2.24, 2.45) is 5.73 Å². The van der Waals surface area contributed by atoms with Gasteiger partial charge in [0.2, 0.25) is 0 Å². The van der Waals surface area contributed by atoms with Crippen LogP contribution in [0.25, 0.3) is 0 Å². The van der Waals surface area contributed by atoms with Crippen molar-refractivity contribution < 1.29 is 4.74 Å². The topological polar surface area (TPSA) is 53.1 Å². The molecule has 0 amide bonds. The predicted molar refractivity (Wildman–Crippen MR) is 86.2 cm³/mol. The minimum atomic E-state index is 0.0630. The molecule has 0 fully saturated rings. The molecule has 0 aliphatic heterocycles. The summed E-state index contributed by atoms with van der Waals surface area (Å²) in [7, 11) is 0. The van der Waals surface area contributed by atoms with Gasteiger partial charge < -0.3 is 10.5 Å². The summed E-state index contributed by atoms with van der Waals surface area (Å²) in [5, 5.41) is 5.24. The summed E-state index contributed by atoms with van der Waals surface area (Å²) >= 11 is 12.3. The molecule has 6 heteroatoms. The largest absolute Gasteiger partial charge is 0.490 e. The summed E-state index contributed by atoms with van der Waals surface area (Å²) in [5.41, 5.74) is 6.97. The number of ether oxygens (including phenoxy) is 1. The normalized spacial score (nSPS) is 12.4. The number of rotatable bonds is 7. The van der Waals surface area contributed by atoms with E-state index in [1.165, 1.54) is 0 Å². The summed E-state index contributed by atoms with van der Waals surface area (Å²) < 4.78 is 7.64. The Kier molecular flexibility index (Phi) is 5.91. The second-order valence-electron chi connectivity index (χ2n) is 4.87. The molecule has 0 saturated carbocycles. The smallest absolute Gasteiger partial charge is 0.141 e. The second kappa shape index (κ2) is 7.69. The Labute approximate surface area is 134 Å². The van der Waals surface area contributed by atoms with Gasteiger partial charge in [0.15, 0.2) is 0 Å². The molecular formula is C15H19Cl2N3O. The Bertz CT molecular complexity index is 573. The molecule has 1 atom stereocenters. The first-order chi connectivity index (χ1) is 10.1. The van der Waals surface area contributed by atoms with Crippen LogP contribution >= 0.6 is 23.2 Å². The molecule has 0 saturated heterocycles. The Balaban J connectivity index is 2.08. The highest BCUT2D eigenvalue weighted by Crippen LogP contribution is 2.33. The van der Waals surface area contributed by atoms with Crippen LogP contribution in [0.2, 0.25) is 10.0 Å². The first-order valence-corrected chi connectivity index (χ1v) is 7.69. The van der Waals surface area contributed by atoms with Gasteiger partial charge in [0, 0.05) is 23.5 Å². The van der Waals surface area contributed by atoms with Crippen LogP contribution in [0.1, 0.15) is 18.9 Å². The van der Waals surface area contributed by atoms with Crippen LogP contribution in [0.5, 0.6) is 5.75 Å². The maximum Gasteiger partial charge on any atom is 0.141 e. The molecule has 0 radical (unpaired) electrons. The summed E-state index contributed by atoms with van der Waals surface area (Å²) in [6.45, 7) is 3.19. The number of aromatic nitrogens is 2. The molecule has 2 rings (SSSR count). The van der Waals surface area contributed by atoms with Crippen LogP contribution in [0.4, 0.5) is 0 Å². The monoisotopic (exact) mass is 327 g/mol. The molecule has 114 valence electrons. The van der Waals surface area contributed by atoms with Gasteiger partial charge in [-0.25, -0.2) is 0 Å². The van der Waals surface area contributed by atoms with Crippen molar-refractivity contribution in [3.8, 4) is 5.75 Å². The molecule has 1 aromatic carbocycles. The molecule has 2 aromatic rings. The molecule has 1 aromatic heterocycles. The molecule has 0 aliphatic carbocycles. The van der Waals surface area contributed by atoms with Crippen molar-refractivity contribution in [3.63, 3.8) is 0 Å². The van der Waals surface area contributed by atoms with Crippen molar-refractivity contribution in [1.82, 2.24) is 9.78 Å². The van der Waals surface area contributed by atoms with Crippen LogP contribution in [0.15, 0.2) is 30.6 Å². The zero-order chi connectivity index (χ0) is 15.2. The van der Waals surface area contributed by atoms with Gasteiger partial charge in [-0.05, 0) is 36.6 Å². The summed E-state index contributed by atoms with van der Waals surface area (Å²) in [6.07, 6.45) is 5.20. The third-order valence-corrected chi connectivity index (χ3v) is 3.72. The van der Waals surface area contributed by atoms with Gasteiger partial charge in [0.1, 0.15) is 12.4 Å². The van der Waals surface area contributed by atoms with Crippen molar-refractivity contribution in [1.29, 1.82) is 0 Å². The van der Waals surface area contributed by atoms with Gasteiger partial charge in [-0.1, -0.05) is 30.1 Å². The van der Waals surface area contributed by atoms with Crippen molar-refractivity contribution in [3.05, 3.63) is 46.2 Å². The van der Waals surface area contributed by atoms with Gasteiger partial charge in [-0.3, -0.25) is 4.68 Å². The quantitative estimate of drug-likeness (QED) is 0.846. The third-order valence-electron chi connectivity index (χ3n) is 3.22. The van der Waals surface area contributed by atoms with Crippen molar-refractivity contribution in [2.45, 2.75) is 32.4 Å². The fourth-order valence-corrected chi connectivity index (χ4v) is 2.62. The number of nitrogens with zero attached hydrogens (tertiary/aromatic N) is 2. The lowest BCUT2D eigenvalue weighted by Gasteiger charge is -2.16. The number of nitrogens with two attached hydrogens (primary N) is 1. The van der Waals surface area contributed by atoms with Gasteiger partial charge in [0.05, 0.1) is 11.6 Å². The molecule has 21 heavy (non-hydrogen) atoms. The molecule has 2 N–H and O–H groups in total. The average molecular weight is 328 g/mol. The number of halogens is 2. The lowest BCUT2D eigenvalue weighted by atomic mass is 10.0. The third kappa shape index (κ3) is 4.63. The number of hydrogen-bond donors (Lipinski definition) is 1. The summed E-state index contributed by atoms with van der Waals surface area (Å²) in [4.78, 5) is 0. The highest BCUT2D eigenvalue weighted by atomic mass is 35.5. The zero-order valence-electron chi connectivity index (χ0n) is 11.9. The number of hydrogen-bond acceptors (Lipinski definition) is 3. The predicted octanol–water partition coefficient (Wildman–Crippen LogP) is 3.55. The fourth-order valence-electron chi connectivity index (χ4n) is 2.03. The Hall–Kier alpha value is -1.23. The highest BCUT2D eigenvalue weighted by Gasteiger charge is 2.13. The Morgan fingerprint density at radius 2 is 2.19 bits per heavy atom. The lowest BCUT2D eigenvalue weighted by Crippen LogP contribution is -2.22. The van der Waals surface area contributed by atoms with Crippen molar-refractivity contribution >= 4 is 23.2 Å². The van der Waals surface area contributed by atoms with E-state index in [4.69, 9.17) is 33.7 Å². The van der Waals surface area contributed by atoms with Crippen molar-refractivity contribution in [2.75, 3.05) is 6.61 Å². The van der Waals surface area contributed by atoms with Gasteiger partial charge >= 0.3 is 0 Å². The number of benzene rings is 1. The van der Waals surface area contributed by atoms with Crippen LogP contribution in [-0.4, -0.2) is 22.4 Å². The van der Waals surface area contributed by atoms with E-state index < -0.39 is 0 Å².